The summed E-state index contributed by atoms with van der Waals surface area (Å²) in [6.45, 7) is 0.287. The van der Waals surface area contributed by atoms with Crippen molar-refractivity contribution >= 4 is 21.6 Å². The van der Waals surface area contributed by atoms with E-state index in [-0.39, 0.29) is 30.4 Å². The molecule has 4 aromatic rings. The number of amides is 1. The number of hydrogen-bond donors (Lipinski definition) is 3. The third kappa shape index (κ3) is 9.57. The second-order valence-corrected chi connectivity index (χ2v) is 13.6. The first kappa shape index (κ1) is 37.1. The first-order chi connectivity index (χ1) is 24.4. The number of benzene rings is 4. The van der Waals surface area contributed by atoms with Crippen LogP contribution in [0.4, 0.5) is 13.2 Å². The van der Waals surface area contributed by atoms with Crippen LogP contribution in [-0.4, -0.2) is 63.3 Å². The van der Waals surface area contributed by atoms with Crippen molar-refractivity contribution in [3.63, 3.8) is 0 Å². The number of methoxy groups -OCH3 is 1. The molecule has 3 N–H and O–H groups in total. The van der Waals surface area contributed by atoms with Crippen LogP contribution < -0.4 is 25.1 Å². The summed E-state index contributed by atoms with van der Waals surface area (Å²) < 4.78 is 86.3. The first-order valence-electron chi connectivity index (χ1n) is 15.8. The molecular weight excluding hydrogens is 691 g/mol. The number of aliphatic imine (C=N–C) groups is 1. The van der Waals surface area contributed by atoms with Gasteiger partial charge in [-0.3, -0.25) is 10.2 Å². The smallest absolute Gasteiger partial charge is 0.497 e. The summed E-state index contributed by atoms with van der Waals surface area (Å²) in [5.74, 6) is -0.494. The van der Waals surface area contributed by atoms with E-state index in [4.69, 9.17) is 24.3 Å². The van der Waals surface area contributed by atoms with Crippen LogP contribution >= 0.6 is 0 Å². The molecule has 11 nitrogen and oxygen atoms in total. The molecule has 0 spiro atoms. The SMILES string of the molecule is COc1cccc([C@@H]2OC(c3ccc(OCCCO)cc3)=N[C@]2(CCS(=O)(=O)c2ccccc2)C(=O)NNCc2ccc(OC(F)(F)F)cc2)c1. The minimum atomic E-state index is -4.84. The number of hydrogen-bond acceptors (Lipinski definition) is 10. The maximum atomic E-state index is 14.4. The number of alkyl halides is 3. The summed E-state index contributed by atoms with van der Waals surface area (Å²) >= 11 is 0. The minimum absolute atomic E-state index is 0.00453. The average Bonchev–Trinajstić information content (AvgIpc) is 3.53. The van der Waals surface area contributed by atoms with Crippen molar-refractivity contribution in [2.75, 3.05) is 26.1 Å². The van der Waals surface area contributed by atoms with Crippen LogP contribution in [0.2, 0.25) is 0 Å². The second kappa shape index (κ2) is 16.3. The van der Waals surface area contributed by atoms with Gasteiger partial charge in [-0.05, 0) is 71.8 Å². The van der Waals surface area contributed by atoms with Gasteiger partial charge >= 0.3 is 6.36 Å². The van der Waals surface area contributed by atoms with E-state index in [1.54, 1.807) is 66.7 Å². The molecule has 0 radical (unpaired) electrons. The van der Waals surface area contributed by atoms with Crippen LogP contribution in [0.5, 0.6) is 17.2 Å². The molecule has 1 heterocycles. The van der Waals surface area contributed by atoms with Crippen LogP contribution in [-0.2, 0) is 25.9 Å². The van der Waals surface area contributed by atoms with Gasteiger partial charge in [-0.15, -0.1) is 13.2 Å². The van der Waals surface area contributed by atoms with Crippen molar-refractivity contribution in [2.45, 2.75) is 42.3 Å². The molecule has 1 amide bonds. The number of aliphatic hydroxyl groups excluding tert-OH is 1. The Balaban J connectivity index is 1.48. The van der Waals surface area contributed by atoms with E-state index in [2.05, 4.69) is 15.6 Å². The lowest BCUT2D eigenvalue weighted by molar-refractivity contribution is -0.274. The molecule has 2 atom stereocenters. The molecule has 5 rings (SSSR count). The molecule has 0 saturated carbocycles. The van der Waals surface area contributed by atoms with Crippen LogP contribution in [0.3, 0.4) is 0 Å². The normalized spacial score (nSPS) is 17.3. The van der Waals surface area contributed by atoms with Gasteiger partial charge in [0.15, 0.2) is 21.5 Å². The summed E-state index contributed by atoms with van der Waals surface area (Å²) in [4.78, 5) is 19.3. The van der Waals surface area contributed by atoms with Gasteiger partial charge < -0.3 is 24.1 Å². The lowest BCUT2D eigenvalue weighted by Gasteiger charge is -2.30. The molecule has 0 fully saturated rings. The number of nitrogens with zero attached hydrogens (tertiary/aromatic N) is 1. The van der Waals surface area contributed by atoms with Crippen molar-refractivity contribution in [3.05, 3.63) is 120 Å². The first-order valence-corrected chi connectivity index (χ1v) is 17.5. The number of hydrazine groups is 1. The largest absolute Gasteiger partial charge is 0.573 e. The monoisotopic (exact) mass is 727 g/mol. The topological polar surface area (TPSA) is 145 Å². The summed E-state index contributed by atoms with van der Waals surface area (Å²) in [6.07, 6.45) is -5.80. The van der Waals surface area contributed by atoms with E-state index in [1.165, 1.54) is 31.4 Å². The van der Waals surface area contributed by atoms with Gasteiger partial charge in [-0.1, -0.05) is 42.5 Å². The van der Waals surface area contributed by atoms with E-state index in [0.29, 0.717) is 41.2 Å². The van der Waals surface area contributed by atoms with Gasteiger partial charge in [-0.2, -0.15) is 0 Å². The predicted octanol–water partition coefficient (Wildman–Crippen LogP) is 5.30. The van der Waals surface area contributed by atoms with Gasteiger partial charge in [0.2, 0.25) is 5.90 Å². The minimum Gasteiger partial charge on any atom is -0.497 e. The van der Waals surface area contributed by atoms with Crippen LogP contribution in [0.15, 0.2) is 113 Å². The molecule has 0 bridgehead atoms. The van der Waals surface area contributed by atoms with Crippen molar-refractivity contribution < 1.29 is 50.4 Å². The molecule has 0 unspecified atom stereocenters. The molecule has 0 saturated heterocycles. The number of rotatable bonds is 16. The Morgan fingerprint density at radius 1 is 0.941 bits per heavy atom. The molecule has 15 heteroatoms. The standard InChI is InChI=1S/C36H36F3N3O8S/c1-47-30-8-5-7-27(23-30)32-35(19-22-51(45,46)31-9-3-2-4-10-31,41-33(49-32)26-13-17-28(18-14-26)48-21-6-20-43)34(44)42-40-24-25-11-15-29(16-12-25)50-36(37,38)39/h2-5,7-18,23,32,40,43H,6,19-22,24H2,1H3,(H,42,44)/t32-,35-/m0/s1. The molecule has 0 aliphatic carbocycles. The number of sulfone groups is 1. The van der Waals surface area contributed by atoms with Crippen molar-refractivity contribution in [1.82, 2.24) is 10.9 Å². The van der Waals surface area contributed by atoms with Gasteiger partial charge in [0.05, 0.1) is 24.4 Å². The number of aliphatic hydroxyl groups is 1. The molecule has 51 heavy (non-hydrogen) atoms. The van der Waals surface area contributed by atoms with E-state index in [9.17, 15) is 26.4 Å². The second-order valence-electron chi connectivity index (χ2n) is 11.4. The van der Waals surface area contributed by atoms with E-state index in [1.807, 2.05) is 0 Å². The van der Waals surface area contributed by atoms with Crippen LogP contribution in [0.25, 0.3) is 0 Å². The van der Waals surface area contributed by atoms with Crippen molar-refractivity contribution in [3.8, 4) is 17.2 Å². The fraction of sp³-hybridized carbons (Fsp3) is 0.278. The highest BCUT2D eigenvalue weighted by atomic mass is 32.2. The highest BCUT2D eigenvalue weighted by Crippen LogP contribution is 2.44. The zero-order chi connectivity index (χ0) is 36.5. The average molecular weight is 728 g/mol. The summed E-state index contributed by atoms with van der Waals surface area (Å²) in [5, 5.41) is 9.06. The Hall–Kier alpha value is -5.12. The number of nitrogens with one attached hydrogen (secondary N) is 2. The molecular formula is C36H36F3N3O8S. The van der Waals surface area contributed by atoms with Gasteiger partial charge in [-0.25, -0.2) is 18.8 Å². The van der Waals surface area contributed by atoms with E-state index < -0.39 is 45.3 Å². The van der Waals surface area contributed by atoms with E-state index >= 15 is 0 Å². The molecule has 1 aliphatic rings. The Kier molecular flexibility index (Phi) is 11.8. The molecule has 270 valence electrons. The highest BCUT2D eigenvalue weighted by molar-refractivity contribution is 7.91. The zero-order valence-electron chi connectivity index (χ0n) is 27.4. The summed E-state index contributed by atoms with van der Waals surface area (Å²) in [5.41, 5.74) is 5.08. The van der Waals surface area contributed by atoms with Gasteiger partial charge in [0, 0.05) is 31.6 Å². The Bertz CT molecular complexity index is 1910. The van der Waals surface area contributed by atoms with Gasteiger partial charge in [0.1, 0.15) is 17.2 Å². The zero-order valence-corrected chi connectivity index (χ0v) is 28.2. The predicted molar refractivity (Wildman–Crippen MR) is 181 cm³/mol. The maximum absolute atomic E-state index is 14.4. The number of halogens is 3. The summed E-state index contributed by atoms with van der Waals surface area (Å²) in [7, 11) is -2.41. The van der Waals surface area contributed by atoms with Crippen LogP contribution in [0.1, 0.15) is 35.6 Å². The summed E-state index contributed by atoms with van der Waals surface area (Å²) in [6, 6.07) is 26.5. The highest BCUT2D eigenvalue weighted by Gasteiger charge is 2.54. The van der Waals surface area contributed by atoms with E-state index in [0.717, 1.165) is 12.1 Å². The maximum Gasteiger partial charge on any atom is 0.573 e. The number of carbonyl (C=O) groups is 1. The third-order valence-corrected chi connectivity index (χ3v) is 9.66. The lowest BCUT2D eigenvalue weighted by Crippen LogP contribution is -2.53. The number of ether oxygens (including phenoxy) is 4. The molecule has 4 aromatic carbocycles. The number of carbonyl (C=O) groups excluding carboxylic acids is 1. The Morgan fingerprint density at radius 2 is 1.65 bits per heavy atom. The molecule has 1 aliphatic heterocycles. The fourth-order valence-corrected chi connectivity index (χ4v) is 6.74. The third-order valence-electron chi connectivity index (χ3n) is 7.93. The lowest BCUT2D eigenvalue weighted by atomic mass is 9.85. The Morgan fingerprint density at radius 3 is 2.31 bits per heavy atom. The van der Waals surface area contributed by atoms with Crippen molar-refractivity contribution in [2.24, 2.45) is 4.99 Å². The molecule has 0 aromatic heterocycles. The fourth-order valence-electron chi connectivity index (χ4n) is 5.35. The Labute approximate surface area is 292 Å². The van der Waals surface area contributed by atoms with Gasteiger partial charge in [0.25, 0.3) is 5.91 Å². The van der Waals surface area contributed by atoms with Crippen molar-refractivity contribution in [1.29, 1.82) is 0 Å². The van der Waals surface area contributed by atoms with Crippen LogP contribution in [0, 0.1) is 0 Å². The quantitative estimate of drug-likeness (QED) is 0.104.